The zero-order chi connectivity index (χ0) is 12.4. The Morgan fingerprint density at radius 1 is 1.33 bits per heavy atom. The van der Waals surface area contributed by atoms with E-state index in [1.54, 1.807) is 5.56 Å². The predicted molar refractivity (Wildman–Crippen MR) is 73.7 cm³/mol. The maximum atomic E-state index is 5.60. The zero-order valence-electron chi connectivity index (χ0n) is 11.2. The average Bonchev–Trinajstić information content (AvgIpc) is 3.22. The summed E-state index contributed by atoms with van der Waals surface area (Å²) in [4.78, 5) is 0. The van der Waals surface area contributed by atoms with Gasteiger partial charge in [-0.2, -0.15) is 0 Å². The largest absolute Gasteiger partial charge is 0.380 e. The Labute approximate surface area is 110 Å². The molecule has 1 aromatic carbocycles. The SMILES string of the molecule is CC1(NCc2ccccc2C2CC2)CCCOC1. The Hall–Kier alpha value is -0.860. The van der Waals surface area contributed by atoms with Gasteiger partial charge in [-0.1, -0.05) is 24.3 Å². The molecule has 2 heteroatoms. The fourth-order valence-electron chi connectivity index (χ4n) is 2.87. The number of benzene rings is 1. The van der Waals surface area contributed by atoms with E-state index in [9.17, 15) is 0 Å². The van der Waals surface area contributed by atoms with E-state index in [4.69, 9.17) is 4.74 Å². The van der Waals surface area contributed by atoms with Crippen molar-refractivity contribution in [2.75, 3.05) is 13.2 Å². The highest BCUT2D eigenvalue weighted by molar-refractivity contribution is 5.33. The monoisotopic (exact) mass is 245 g/mol. The van der Waals surface area contributed by atoms with Crippen LogP contribution in [0.3, 0.4) is 0 Å². The van der Waals surface area contributed by atoms with Crippen LogP contribution in [0.5, 0.6) is 0 Å². The van der Waals surface area contributed by atoms with E-state index in [1.165, 1.54) is 31.2 Å². The van der Waals surface area contributed by atoms with Crippen molar-refractivity contribution in [2.24, 2.45) is 0 Å². The first-order chi connectivity index (χ1) is 8.77. The molecule has 3 rings (SSSR count). The molecule has 2 fully saturated rings. The molecule has 1 saturated heterocycles. The van der Waals surface area contributed by atoms with Crippen LogP contribution in [0.25, 0.3) is 0 Å². The van der Waals surface area contributed by atoms with Crippen LogP contribution < -0.4 is 5.32 Å². The summed E-state index contributed by atoms with van der Waals surface area (Å²) in [6, 6.07) is 8.90. The normalized spacial score (nSPS) is 28.3. The molecule has 1 atom stereocenters. The van der Waals surface area contributed by atoms with Crippen LogP contribution >= 0.6 is 0 Å². The van der Waals surface area contributed by atoms with Crippen LogP contribution in [-0.4, -0.2) is 18.8 Å². The van der Waals surface area contributed by atoms with E-state index in [1.807, 2.05) is 0 Å². The molecule has 98 valence electrons. The molecule has 2 aliphatic rings. The molecule has 1 aliphatic carbocycles. The Bertz CT molecular complexity index is 405. The summed E-state index contributed by atoms with van der Waals surface area (Å²) in [5, 5.41) is 3.71. The molecule has 1 unspecified atom stereocenters. The van der Waals surface area contributed by atoms with E-state index in [0.717, 1.165) is 25.7 Å². The Balaban J connectivity index is 1.65. The Kier molecular flexibility index (Phi) is 3.40. The molecular weight excluding hydrogens is 222 g/mol. The van der Waals surface area contributed by atoms with Gasteiger partial charge in [0.15, 0.2) is 0 Å². The molecule has 1 heterocycles. The van der Waals surface area contributed by atoms with Crippen molar-refractivity contribution < 1.29 is 4.74 Å². The van der Waals surface area contributed by atoms with Crippen LogP contribution in [0, 0.1) is 0 Å². The number of ether oxygens (including phenoxy) is 1. The van der Waals surface area contributed by atoms with E-state index >= 15 is 0 Å². The van der Waals surface area contributed by atoms with E-state index < -0.39 is 0 Å². The van der Waals surface area contributed by atoms with Crippen LogP contribution in [0.2, 0.25) is 0 Å². The summed E-state index contributed by atoms with van der Waals surface area (Å²) in [6.45, 7) is 5.03. The molecule has 1 aliphatic heterocycles. The fourth-order valence-corrected chi connectivity index (χ4v) is 2.87. The first-order valence-electron chi connectivity index (χ1n) is 7.17. The smallest absolute Gasteiger partial charge is 0.0645 e. The predicted octanol–water partition coefficient (Wildman–Crippen LogP) is 3.22. The molecule has 0 spiro atoms. The highest BCUT2D eigenvalue weighted by Crippen LogP contribution is 2.41. The van der Waals surface area contributed by atoms with Crippen LogP contribution in [0.4, 0.5) is 0 Å². The Morgan fingerprint density at radius 2 is 2.17 bits per heavy atom. The summed E-state index contributed by atoms with van der Waals surface area (Å²) in [6.07, 6.45) is 5.14. The van der Waals surface area contributed by atoms with E-state index in [2.05, 4.69) is 36.5 Å². The second-order valence-electron chi connectivity index (χ2n) is 6.04. The third kappa shape index (κ3) is 2.76. The second kappa shape index (κ2) is 5.02. The molecule has 0 amide bonds. The van der Waals surface area contributed by atoms with Gasteiger partial charge in [-0.3, -0.25) is 0 Å². The number of hydrogen-bond donors (Lipinski definition) is 1. The van der Waals surface area contributed by atoms with Crippen molar-refractivity contribution >= 4 is 0 Å². The van der Waals surface area contributed by atoms with Crippen LogP contribution in [0.15, 0.2) is 24.3 Å². The van der Waals surface area contributed by atoms with Gasteiger partial charge in [0.25, 0.3) is 0 Å². The average molecular weight is 245 g/mol. The topological polar surface area (TPSA) is 21.3 Å². The van der Waals surface area contributed by atoms with Crippen molar-refractivity contribution in [1.29, 1.82) is 0 Å². The van der Waals surface area contributed by atoms with Gasteiger partial charge >= 0.3 is 0 Å². The number of hydrogen-bond acceptors (Lipinski definition) is 2. The molecule has 0 bridgehead atoms. The molecule has 1 N–H and O–H groups in total. The van der Waals surface area contributed by atoms with Crippen molar-refractivity contribution in [1.82, 2.24) is 5.32 Å². The summed E-state index contributed by atoms with van der Waals surface area (Å²) >= 11 is 0. The maximum Gasteiger partial charge on any atom is 0.0645 e. The summed E-state index contributed by atoms with van der Waals surface area (Å²) in [5.74, 6) is 0.832. The van der Waals surface area contributed by atoms with Crippen LogP contribution in [-0.2, 0) is 11.3 Å². The molecule has 0 radical (unpaired) electrons. The van der Waals surface area contributed by atoms with Gasteiger partial charge in [0.1, 0.15) is 0 Å². The quantitative estimate of drug-likeness (QED) is 0.879. The zero-order valence-corrected chi connectivity index (χ0v) is 11.2. The summed E-state index contributed by atoms with van der Waals surface area (Å²) < 4.78 is 5.60. The van der Waals surface area contributed by atoms with Gasteiger partial charge in [-0.15, -0.1) is 0 Å². The van der Waals surface area contributed by atoms with Gasteiger partial charge in [0.2, 0.25) is 0 Å². The molecular formula is C16H23NO. The summed E-state index contributed by atoms with van der Waals surface area (Å²) in [5.41, 5.74) is 3.20. The van der Waals surface area contributed by atoms with Crippen molar-refractivity contribution in [3.05, 3.63) is 35.4 Å². The molecule has 1 saturated carbocycles. The minimum Gasteiger partial charge on any atom is -0.380 e. The Morgan fingerprint density at radius 3 is 2.89 bits per heavy atom. The second-order valence-corrected chi connectivity index (χ2v) is 6.04. The highest BCUT2D eigenvalue weighted by Gasteiger charge is 2.29. The lowest BCUT2D eigenvalue weighted by molar-refractivity contribution is 0.0277. The molecule has 0 aromatic heterocycles. The van der Waals surface area contributed by atoms with Crippen molar-refractivity contribution in [3.8, 4) is 0 Å². The number of nitrogens with one attached hydrogen (secondary N) is 1. The number of rotatable bonds is 4. The lowest BCUT2D eigenvalue weighted by Crippen LogP contribution is -2.48. The van der Waals surface area contributed by atoms with Crippen molar-refractivity contribution in [3.63, 3.8) is 0 Å². The van der Waals surface area contributed by atoms with Gasteiger partial charge in [-0.25, -0.2) is 0 Å². The fraction of sp³-hybridized carbons (Fsp3) is 0.625. The van der Waals surface area contributed by atoms with Crippen LogP contribution in [0.1, 0.15) is 49.7 Å². The lowest BCUT2D eigenvalue weighted by Gasteiger charge is -2.34. The molecule has 1 aromatic rings. The standard InChI is InChI=1S/C16H23NO/c1-16(9-4-10-18-12-16)17-11-14-5-2-3-6-15(14)13-7-8-13/h2-3,5-6,13,17H,4,7-12H2,1H3. The van der Waals surface area contributed by atoms with Gasteiger partial charge in [0, 0.05) is 18.7 Å². The van der Waals surface area contributed by atoms with Crippen molar-refractivity contribution in [2.45, 2.75) is 50.6 Å². The minimum atomic E-state index is 0.162. The third-order valence-electron chi connectivity index (χ3n) is 4.22. The van der Waals surface area contributed by atoms with Gasteiger partial charge < -0.3 is 10.1 Å². The van der Waals surface area contributed by atoms with Gasteiger partial charge in [-0.05, 0) is 49.7 Å². The summed E-state index contributed by atoms with van der Waals surface area (Å²) in [7, 11) is 0. The third-order valence-corrected chi connectivity index (χ3v) is 4.22. The minimum absolute atomic E-state index is 0.162. The molecule has 2 nitrogen and oxygen atoms in total. The van der Waals surface area contributed by atoms with E-state index in [-0.39, 0.29) is 5.54 Å². The maximum absolute atomic E-state index is 5.60. The molecule has 18 heavy (non-hydrogen) atoms. The van der Waals surface area contributed by atoms with E-state index in [0.29, 0.717) is 0 Å². The first kappa shape index (κ1) is 12.2. The van der Waals surface area contributed by atoms with Gasteiger partial charge in [0.05, 0.1) is 6.61 Å². The highest BCUT2D eigenvalue weighted by atomic mass is 16.5. The first-order valence-corrected chi connectivity index (χ1v) is 7.17. The lowest BCUT2D eigenvalue weighted by atomic mass is 9.94.